The number of hydrogen-bond donors (Lipinski definition) is 3. The second kappa shape index (κ2) is 4.39. The minimum absolute atomic E-state index is 0.320. The van der Waals surface area contributed by atoms with Crippen LogP contribution in [0.4, 0.5) is 0 Å². The van der Waals surface area contributed by atoms with Crippen LogP contribution in [0.5, 0.6) is 0 Å². The van der Waals surface area contributed by atoms with Gasteiger partial charge in [0.05, 0.1) is 12.6 Å². The van der Waals surface area contributed by atoms with Gasteiger partial charge in [-0.05, 0) is 24.7 Å². The molecule has 1 heterocycles. The van der Waals surface area contributed by atoms with Crippen LogP contribution < -0.4 is 10.6 Å². The van der Waals surface area contributed by atoms with Crippen molar-refractivity contribution in [1.29, 1.82) is 0 Å². The van der Waals surface area contributed by atoms with Crippen LogP contribution in [0.3, 0.4) is 0 Å². The monoisotopic (exact) mass is 211 g/mol. The number of rotatable bonds is 3. The molecule has 0 spiro atoms. The molecule has 1 saturated carbocycles. The number of β-amino-alcohol motifs (C(OH)–C–C–N with tert-alkyl or cyclic N) is 1. The molecule has 0 radical (unpaired) electrons. The van der Waals surface area contributed by atoms with E-state index in [1.54, 1.807) is 0 Å². The van der Waals surface area contributed by atoms with Crippen molar-refractivity contribution in [3.05, 3.63) is 0 Å². The molecular formula is C11H21N3O. The van der Waals surface area contributed by atoms with Gasteiger partial charge in [-0.3, -0.25) is 4.99 Å². The van der Waals surface area contributed by atoms with Gasteiger partial charge in [-0.15, -0.1) is 0 Å². The Bertz CT molecular complexity index is 243. The minimum Gasteiger partial charge on any atom is -0.389 e. The second-order valence-corrected chi connectivity index (χ2v) is 4.78. The first-order valence-corrected chi connectivity index (χ1v) is 5.94. The molecule has 0 saturated heterocycles. The molecule has 1 aliphatic heterocycles. The van der Waals surface area contributed by atoms with Gasteiger partial charge in [-0.2, -0.15) is 0 Å². The molecule has 86 valence electrons. The number of guanidine groups is 1. The van der Waals surface area contributed by atoms with Crippen LogP contribution in [0.2, 0.25) is 0 Å². The highest BCUT2D eigenvalue weighted by Gasteiger charge is 2.35. The molecule has 0 aromatic carbocycles. The molecule has 15 heavy (non-hydrogen) atoms. The lowest BCUT2D eigenvalue weighted by molar-refractivity contribution is 0.130. The van der Waals surface area contributed by atoms with Crippen molar-refractivity contribution in [2.45, 2.75) is 38.7 Å². The Kier molecular flexibility index (Phi) is 3.14. The molecule has 2 aliphatic rings. The van der Waals surface area contributed by atoms with E-state index in [4.69, 9.17) is 0 Å². The number of aliphatic hydroxyl groups excluding tert-OH is 1. The Morgan fingerprint density at radius 2 is 2.40 bits per heavy atom. The summed E-state index contributed by atoms with van der Waals surface area (Å²) < 4.78 is 0. The molecule has 0 aromatic rings. The van der Waals surface area contributed by atoms with Gasteiger partial charge in [-0.1, -0.05) is 13.3 Å². The van der Waals surface area contributed by atoms with Crippen molar-refractivity contribution < 1.29 is 5.11 Å². The molecule has 1 fully saturated rings. The fourth-order valence-corrected chi connectivity index (χ4v) is 2.25. The van der Waals surface area contributed by atoms with Crippen molar-refractivity contribution in [3.8, 4) is 0 Å². The summed E-state index contributed by atoms with van der Waals surface area (Å²) in [7, 11) is 0. The SMILES string of the molecule is CCC1(CNC2=NCC(O)CN2)CCC1. The summed E-state index contributed by atoms with van der Waals surface area (Å²) in [4.78, 5) is 4.25. The summed E-state index contributed by atoms with van der Waals surface area (Å²) in [6.07, 6.45) is 4.97. The summed E-state index contributed by atoms with van der Waals surface area (Å²) >= 11 is 0. The van der Waals surface area contributed by atoms with Crippen LogP contribution >= 0.6 is 0 Å². The van der Waals surface area contributed by atoms with Gasteiger partial charge in [-0.25, -0.2) is 0 Å². The van der Waals surface area contributed by atoms with Crippen molar-refractivity contribution in [1.82, 2.24) is 10.6 Å². The average molecular weight is 211 g/mol. The first-order chi connectivity index (χ1) is 7.24. The third-order valence-corrected chi connectivity index (χ3v) is 3.76. The van der Waals surface area contributed by atoms with Gasteiger partial charge in [0.25, 0.3) is 0 Å². The Hall–Kier alpha value is -0.770. The van der Waals surface area contributed by atoms with Gasteiger partial charge in [0.1, 0.15) is 0 Å². The topological polar surface area (TPSA) is 56.7 Å². The number of hydrogen-bond acceptors (Lipinski definition) is 4. The zero-order valence-electron chi connectivity index (χ0n) is 9.42. The van der Waals surface area contributed by atoms with Gasteiger partial charge in [0, 0.05) is 13.1 Å². The van der Waals surface area contributed by atoms with Crippen molar-refractivity contribution in [3.63, 3.8) is 0 Å². The first kappa shape index (κ1) is 10.7. The Morgan fingerprint density at radius 1 is 1.60 bits per heavy atom. The molecule has 4 nitrogen and oxygen atoms in total. The van der Waals surface area contributed by atoms with Crippen LogP contribution in [-0.4, -0.2) is 36.8 Å². The molecule has 1 aliphatic carbocycles. The number of aliphatic imine (C=N–C) groups is 1. The average Bonchev–Trinajstić information content (AvgIpc) is 2.20. The van der Waals surface area contributed by atoms with E-state index < -0.39 is 0 Å². The van der Waals surface area contributed by atoms with Crippen molar-refractivity contribution in [2.24, 2.45) is 10.4 Å². The molecular weight excluding hydrogens is 190 g/mol. The largest absolute Gasteiger partial charge is 0.389 e. The predicted molar refractivity (Wildman–Crippen MR) is 60.9 cm³/mol. The molecule has 0 aromatic heterocycles. The van der Waals surface area contributed by atoms with Gasteiger partial charge < -0.3 is 15.7 Å². The quantitative estimate of drug-likeness (QED) is 0.636. The molecule has 1 unspecified atom stereocenters. The van der Waals surface area contributed by atoms with E-state index in [0.29, 0.717) is 18.5 Å². The lowest BCUT2D eigenvalue weighted by Crippen LogP contribution is -2.50. The minimum atomic E-state index is -0.320. The third kappa shape index (κ3) is 2.43. The highest BCUT2D eigenvalue weighted by atomic mass is 16.3. The molecule has 0 bridgehead atoms. The van der Waals surface area contributed by atoms with E-state index in [9.17, 15) is 5.11 Å². The number of nitrogens with one attached hydrogen (secondary N) is 2. The van der Waals surface area contributed by atoms with Gasteiger partial charge in [0.15, 0.2) is 5.96 Å². The van der Waals surface area contributed by atoms with Crippen LogP contribution in [-0.2, 0) is 0 Å². The van der Waals surface area contributed by atoms with Crippen molar-refractivity contribution >= 4 is 5.96 Å². The normalized spacial score (nSPS) is 28.7. The van der Waals surface area contributed by atoms with E-state index in [1.165, 1.54) is 25.7 Å². The maximum Gasteiger partial charge on any atom is 0.191 e. The van der Waals surface area contributed by atoms with E-state index in [-0.39, 0.29) is 6.10 Å². The standard InChI is InChI=1S/C11H21N3O/c1-2-11(4-3-5-11)8-14-10-12-6-9(15)7-13-10/h9,15H,2-8H2,1H3,(H2,12,13,14). The summed E-state index contributed by atoms with van der Waals surface area (Å²) in [6.45, 7) is 4.42. The third-order valence-electron chi connectivity index (χ3n) is 3.76. The van der Waals surface area contributed by atoms with E-state index in [0.717, 1.165) is 12.5 Å². The predicted octanol–water partition coefficient (Wildman–Crippen LogP) is 0.476. The van der Waals surface area contributed by atoms with Crippen LogP contribution in [0.1, 0.15) is 32.6 Å². The maximum atomic E-state index is 9.26. The molecule has 4 heteroatoms. The molecule has 0 amide bonds. The zero-order chi connectivity index (χ0) is 10.7. The summed E-state index contributed by atoms with van der Waals surface area (Å²) in [5.74, 6) is 0.861. The lowest BCUT2D eigenvalue weighted by Gasteiger charge is -2.41. The highest BCUT2D eigenvalue weighted by Crippen LogP contribution is 2.42. The van der Waals surface area contributed by atoms with Crippen LogP contribution in [0, 0.1) is 5.41 Å². The smallest absolute Gasteiger partial charge is 0.191 e. The van der Waals surface area contributed by atoms with Crippen molar-refractivity contribution in [2.75, 3.05) is 19.6 Å². The van der Waals surface area contributed by atoms with Gasteiger partial charge in [0.2, 0.25) is 0 Å². The Balaban J connectivity index is 1.78. The summed E-state index contributed by atoms with van der Waals surface area (Å²) in [6, 6.07) is 0. The van der Waals surface area contributed by atoms with Crippen LogP contribution in [0.15, 0.2) is 4.99 Å². The maximum absolute atomic E-state index is 9.26. The summed E-state index contributed by atoms with van der Waals surface area (Å²) in [5.41, 5.74) is 0.514. The Labute approximate surface area is 91.2 Å². The molecule has 3 N–H and O–H groups in total. The second-order valence-electron chi connectivity index (χ2n) is 4.78. The zero-order valence-corrected chi connectivity index (χ0v) is 9.42. The highest BCUT2D eigenvalue weighted by molar-refractivity contribution is 5.80. The lowest BCUT2D eigenvalue weighted by atomic mass is 9.67. The Morgan fingerprint density at radius 3 is 2.87 bits per heavy atom. The molecule has 1 atom stereocenters. The number of nitrogens with zero attached hydrogens (tertiary/aromatic N) is 1. The van der Waals surface area contributed by atoms with Crippen LogP contribution in [0.25, 0.3) is 0 Å². The van der Waals surface area contributed by atoms with E-state index in [2.05, 4.69) is 22.5 Å². The first-order valence-electron chi connectivity index (χ1n) is 5.94. The van der Waals surface area contributed by atoms with Gasteiger partial charge >= 0.3 is 0 Å². The summed E-state index contributed by atoms with van der Waals surface area (Å²) in [5, 5.41) is 15.7. The van der Waals surface area contributed by atoms with E-state index >= 15 is 0 Å². The van der Waals surface area contributed by atoms with E-state index in [1.807, 2.05) is 0 Å². The fourth-order valence-electron chi connectivity index (χ4n) is 2.25. The number of aliphatic hydroxyl groups is 1. The molecule has 2 rings (SSSR count). The fraction of sp³-hybridized carbons (Fsp3) is 0.909.